The van der Waals surface area contributed by atoms with Gasteiger partial charge in [0.1, 0.15) is 0 Å². The molecule has 1 saturated heterocycles. The summed E-state index contributed by atoms with van der Waals surface area (Å²) in [4.78, 5) is 2.52. The molecule has 0 amide bonds. The maximum Gasteiger partial charge on any atom is 0.0166 e. The number of hydrogen-bond donors (Lipinski definition) is 1. The van der Waals surface area contributed by atoms with Crippen LogP contribution in [0.3, 0.4) is 0 Å². The monoisotopic (exact) mass is 168 g/mol. The Kier molecular flexibility index (Phi) is 2.37. The van der Waals surface area contributed by atoms with Gasteiger partial charge in [-0.1, -0.05) is 12.8 Å². The van der Waals surface area contributed by atoms with Gasteiger partial charge in [0.2, 0.25) is 0 Å². The smallest absolute Gasteiger partial charge is 0.0166 e. The molecule has 0 radical (unpaired) electrons. The highest BCUT2D eigenvalue weighted by Gasteiger charge is 2.29. The third-order valence-corrected chi connectivity index (χ3v) is 3.47. The van der Waals surface area contributed by atoms with E-state index in [2.05, 4.69) is 4.90 Å². The lowest BCUT2D eigenvalue weighted by molar-refractivity contribution is 0.163. The lowest BCUT2D eigenvalue weighted by Gasteiger charge is -2.34. The Morgan fingerprint density at radius 2 is 1.75 bits per heavy atom. The fraction of sp³-hybridized carbons (Fsp3) is 1.00. The van der Waals surface area contributed by atoms with E-state index >= 15 is 0 Å². The number of hydrogen-bond acceptors (Lipinski definition) is 2. The first-order valence-corrected chi connectivity index (χ1v) is 5.30. The van der Waals surface area contributed by atoms with Gasteiger partial charge in [-0.3, -0.25) is 0 Å². The molecule has 0 aromatic heterocycles. The molecule has 70 valence electrons. The van der Waals surface area contributed by atoms with Gasteiger partial charge >= 0.3 is 0 Å². The van der Waals surface area contributed by atoms with Gasteiger partial charge in [0.25, 0.3) is 0 Å². The van der Waals surface area contributed by atoms with Crippen LogP contribution in [0.1, 0.15) is 38.5 Å². The van der Waals surface area contributed by atoms with E-state index in [0.29, 0.717) is 0 Å². The van der Waals surface area contributed by atoms with Crippen LogP contribution < -0.4 is 5.73 Å². The molecule has 2 aliphatic rings. The Labute approximate surface area is 75.1 Å². The van der Waals surface area contributed by atoms with E-state index < -0.39 is 0 Å². The van der Waals surface area contributed by atoms with Crippen LogP contribution in [0.5, 0.6) is 0 Å². The van der Waals surface area contributed by atoms with Gasteiger partial charge in [0.05, 0.1) is 0 Å². The summed E-state index contributed by atoms with van der Waals surface area (Å²) in [6, 6.07) is 0. The van der Waals surface area contributed by atoms with Crippen LogP contribution in [0, 0.1) is 0 Å². The van der Waals surface area contributed by atoms with Crippen molar-refractivity contribution in [1.29, 1.82) is 0 Å². The van der Waals surface area contributed by atoms with Gasteiger partial charge in [0, 0.05) is 5.54 Å². The fourth-order valence-corrected chi connectivity index (χ4v) is 2.32. The summed E-state index contributed by atoms with van der Waals surface area (Å²) in [5.74, 6) is 0. The molecular formula is C10H20N2. The molecule has 0 aromatic carbocycles. The van der Waals surface area contributed by atoms with Crippen molar-refractivity contribution >= 4 is 0 Å². The topological polar surface area (TPSA) is 29.3 Å². The molecule has 2 N–H and O–H groups in total. The van der Waals surface area contributed by atoms with Gasteiger partial charge in [-0.15, -0.1) is 0 Å². The summed E-state index contributed by atoms with van der Waals surface area (Å²) in [6.45, 7) is 3.88. The summed E-state index contributed by atoms with van der Waals surface area (Å²) in [7, 11) is 0. The van der Waals surface area contributed by atoms with Crippen molar-refractivity contribution in [3.63, 3.8) is 0 Å². The Balaban J connectivity index is 1.70. The van der Waals surface area contributed by atoms with Crippen LogP contribution in [0.2, 0.25) is 0 Å². The van der Waals surface area contributed by atoms with Crippen molar-refractivity contribution in [3.05, 3.63) is 0 Å². The zero-order valence-corrected chi connectivity index (χ0v) is 7.89. The van der Waals surface area contributed by atoms with Crippen molar-refractivity contribution in [2.45, 2.75) is 44.1 Å². The molecule has 0 bridgehead atoms. The minimum absolute atomic E-state index is 0.218. The molecule has 1 aliphatic carbocycles. The predicted octanol–water partition coefficient (Wildman–Crippen LogP) is 1.35. The number of nitrogens with zero attached hydrogens (tertiary/aromatic N) is 1. The first kappa shape index (κ1) is 8.52. The predicted molar refractivity (Wildman–Crippen MR) is 51.1 cm³/mol. The van der Waals surface area contributed by atoms with Gasteiger partial charge in [-0.25, -0.2) is 0 Å². The van der Waals surface area contributed by atoms with E-state index in [1.165, 1.54) is 58.2 Å². The van der Waals surface area contributed by atoms with E-state index in [1.807, 2.05) is 0 Å². The first-order valence-electron chi connectivity index (χ1n) is 5.30. The van der Waals surface area contributed by atoms with Crippen molar-refractivity contribution in [2.24, 2.45) is 5.73 Å². The molecule has 2 fully saturated rings. The fourth-order valence-electron chi connectivity index (χ4n) is 2.32. The van der Waals surface area contributed by atoms with E-state index in [0.717, 1.165) is 0 Å². The minimum atomic E-state index is 0.218. The van der Waals surface area contributed by atoms with Crippen LogP contribution in [-0.4, -0.2) is 30.1 Å². The maximum atomic E-state index is 6.26. The van der Waals surface area contributed by atoms with E-state index in [1.54, 1.807) is 0 Å². The molecular weight excluding hydrogens is 148 g/mol. The van der Waals surface area contributed by atoms with E-state index in [-0.39, 0.29) is 5.54 Å². The molecule has 2 rings (SSSR count). The standard InChI is InChI=1S/C10H20N2/c11-10(4-1-2-5-10)6-9-12-7-3-8-12/h1-9,11H2. The number of rotatable bonds is 3. The molecule has 1 aliphatic heterocycles. The highest BCUT2D eigenvalue weighted by Crippen LogP contribution is 2.30. The zero-order chi connectivity index (χ0) is 8.44. The summed E-state index contributed by atoms with van der Waals surface area (Å²) in [5.41, 5.74) is 6.48. The second kappa shape index (κ2) is 3.35. The SMILES string of the molecule is NC1(CCN2CCC2)CCCC1. The Morgan fingerprint density at radius 1 is 1.08 bits per heavy atom. The third-order valence-electron chi connectivity index (χ3n) is 3.47. The van der Waals surface area contributed by atoms with Gasteiger partial charge in [-0.05, 0) is 45.3 Å². The largest absolute Gasteiger partial charge is 0.325 e. The molecule has 1 saturated carbocycles. The Bertz CT molecular complexity index is 146. The summed E-state index contributed by atoms with van der Waals surface area (Å²) < 4.78 is 0. The molecule has 0 aromatic rings. The van der Waals surface area contributed by atoms with Crippen molar-refractivity contribution in [3.8, 4) is 0 Å². The van der Waals surface area contributed by atoms with E-state index in [4.69, 9.17) is 5.73 Å². The average molecular weight is 168 g/mol. The summed E-state index contributed by atoms with van der Waals surface area (Å²) in [5, 5.41) is 0. The van der Waals surface area contributed by atoms with Crippen LogP contribution in [-0.2, 0) is 0 Å². The highest BCUT2D eigenvalue weighted by atomic mass is 15.2. The highest BCUT2D eigenvalue weighted by molar-refractivity contribution is 4.90. The van der Waals surface area contributed by atoms with Crippen LogP contribution in [0.4, 0.5) is 0 Å². The van der Waals surface area contributed by atoms with Crippen LogP contribution >= 0.6 is 0 Å². The molecule has 12 heavy (non-hydrogen) atoms. The van der Waals surface area contributed by atoms with Crippen molar-refractivity contribution in [1.82, 2.24) is 4.90 Å². The van der Waals surface area contributed by atoms with Gasteiger partial charge in [0.15, 0.2) is 0 Å². The summed E-state index contributed by atoms with van der Waals surface area (Å²) in [6.07, 6.45) is 7.87. The van der Waals surface area contributed by atoms with Crippen LogP contribution in [0.15, 0.2) is 0 Å². The van der Waals surface area contributed by atoms with Crippen LogP contribution in [0.25, 0.3) is 0 Å². The first-order chi connectivity index (χ1) is 5.79. The third kappa shape index (κ3) is 1.80. The van der Waals surface area contributed by atoms with Gasteiger partial charge in [-0.2, -0.15) is 0 Å². The second-order valence-corrected chi connectivity index (χ2v) is 4.51. The lowest BCUT2D eigenvalue weighted by Crippen LogP contribution is -2.44. The molecule has 1 heterocycles. The van der Waals surface area contributed by atoms with Gasteiger partial charge < -0.3 is 10.6 Å². The molecule has 0 spiro atoms. The summed E-state index contributed by atoms with van der Waals surface area (Å²) >= 11 is 0. The quantitative estimate of drug-likeness (QED) is 0.689. The number of nitrogens with two attached hydrogens (primary N) is 1. The Hall–Kier alpha value is -0.0800. The molecule has 0 unspecified atom stereocenters. The maximum absolute atomic E-state index is 6.26. The molecule has 0 atom stereocenters. The van der Waals surface area contributed by atoms with E-state index in [9.17, 15) is 0 Å². The normalized spacial score (nSPS) is 28.8. The second-order valence-electron chi connectivity index (χ2n) is 4.51. The minimum Gasteiger partial charge on any atom is -0.325 e. The Morgan fingerprint density at radius 3 is 2.25 bits per heavy atom. The molecule has 2 nitrogen and oxygen atoms in total. The molecule has 2 heteroatoms. The van der Waals surface area contributed by atoms with Crippen molar-refractivity contribution < 1.29 is 0 Å². The number of likely N-dealkylation sites (tertiary alicyclic amines) is 1. The average Bonchev–Trinajstić information content (AvgIpc) is 2.33. The lowest BCUT2D eigenvalue weighted by atomic mass is 9.94. The zero-order valence-electron chi connectivity index (χ0n) is 7.89. The van der Waals surface area contributed by atoms with Crippen molar-refractivity contribution in [2.75, 3.05) is 19.6 Å².